The van der Waals surface area contributed by atoms with Crippen LogP contribution in [0.5, 0.6) is 0 Å². The summed E-state index contributed by atoms with van der Waals surface area (Å²) in [5.41, 5.74) is 1.01. The van der Waals surface area contributed by atoms with E-state index in [1.54, 1.807) is 0 Å². The number of hydrogen-bond acceptors (Lipinski definition) is 3. The van der Waals surface area contributed by atoms with Crippen LogP contribution in [0, 0.1) is 5.92 Å². The normalized spacial score (nSPS) is 23.1. The minimum atomic E-state index is -0.133. The molecule has 1 aliphatic rings. The zero-order valence-electron chi connectivity index (χ0n) is 11.2. The highest BCUT2D eigenvalue weighted by Crippen LogP contribution is 2.20. The van der Waals surface area contributed by atoms with Crippen LogP contribution in [0.2, 0.25) is 0 Å². The van der Waals surface area contributed by atoms with Crippen molar-refractivity contribution in [3.05, 3.63) is 34.3 Å². The van der Waals surface area contributed by atoms with Crippen LogP contribution in [0.4, 0.5) is 0 Å². The Bertz CT molecular complexity index is 436. The van der Waals surface area contributed by atoms with Gasteiger partial charge in [-0.1, -0.05) is 41.4 Å². The summed E-state index contributed by atoms with van der Waals surface area (Å²) >= 11 is 3.41. The Morgan fingerprint density at radius 2 is 2.37 bits per heavy atom. The van der Waals surface area contributed by atoms with Gasteiger partial charge in [0.2, 0.25) is 0 Å². The van der Waals surface area contributed by atoms with Gasteiger partial charge in [-0.25, -0.2) is 0 Å². The lowest BCUT2D eigenvalue weighted by Crippen LogP contribution is -2.44. The highest BCUT2D eigenvalue weighted by atomic mass is 79.9. The fraction of sp³-hybridized carbons (Fsp3) is 0.533. The third-order valence-electron chi connectivity index (χ3n) is 3.64. The first kappa shape index (κ1) is 14.5. The van der Waals surface area contributed by atoms with Crippen molar-refractivity contribution in [2.24, 2.45) is 5.92 Å². The number of nitrogens with one attached hydrogen (secondary N) is 1. The standard InChI is InChI=1S/C15H20BrNO2/c1-2-11-6-7-17-14(9-11)15(18)19-10-12-4-3-5-13(16)8-12/h3-5,8,11,14,17H,2,6-7,9-10H2,1H3. The molecule has 104 valence electrons. The highest BCUT2D eigenvalue weighted by molar-refractivity contribution is 9.10. The average Bonchev–Trinajstić information content (AvgIpc) is 2.45. The van der Waals surface area contributed by atoms with Crippen LogP contribution in [0.15, 0.2) is 28.7 Å². The van der Waals surface area contributed by atoms with Gasteiger partial charge in [-0.2, -0.15) is 0 Å². The lowest BCUT2D eigenvalue weighted by Gasteiger charge is -2.28. The van der Waals surface area contributed by atoms with Crippen LogP contribution in [-0.2, 0) is 16.1 Å². The number of hydrogen-bond donors (Lipinski definition) is 1. The lowest BCUT2D eigenvalue weighted by molar-refractivity contribution is -0.148. The third-order valence-corrected chi connectivity index (χ3v) is 4.14. The molecule has 0 bridgehead atoms. The number of benzene rings is 1. The van der Waals surface area contributed by atoms with E-state index in [1.165, 1.54) is 0 Å². The molecule has 0 spiro atoms. The molecular formula is C15H20BrNO2. The smallest absolute Gasteiger partial charge is 0.323 e. The Labute approximate surface area is 122 Å². The van der Waals surface area contributed by atoms with Crippen molar-refractivity contribution in [1.29, 1.82) is 0 Å². The van der Waals surface area contributed by atoms with E-state index >= 15 is 0 Å². The predicted molar refractivity (Wildman–Crippen MR) is 78.7 cm³/mol. The van der Waals surface area contributed by atoms with Gasteiger partial charge in [0.25, 0.3) is 0 Å². The molecule has 3 nitrogen and oxygen atoms in total. The summed E-state index contributed by atoms with van der Waals surface area (Å²) in [6.07, 6.45) is 3.19. The Balaban J connectivity index is 1.84. The second-order valence-electron chi connectivity index (χ2n) is 5.04. The van der Waals surface area contributed by atoms with Crippen LogP contribution in [0.25, 0.3) is 0 Å². The van der Waals surface area contributed by atoms with E-state index in [9.17, 15) is 4.79 Å². The lowest BCUT2D eigenvalue weighted by atomic mass is 9.90. The summed E-state index contributed by atoms with van der Waals surface area (Å²) in [4.78, 5) is 12.0. The van der Waals surface area contributed by atoms with Gasteiger partial charge in [0.1, 0.15) is 12.6 Å². The first-order valence-corrected chi connectivity index (χ1v) is 7.62. The topological polar surface area (TPSA) is 38.3 Å². The zero-order chi connectivity index (χ0) is 13.7. The Kier molecular flexibility index (Phi) is 5.40. The SMILES string of the molecule is CCC1CCNC(C(=O)OCc2cccc(Br)c2)C1. The van der Waals surface area contributed by atoms with Gasteiger partial charge in [-0.15, -0.1) is 0 Å². The minimum absolute atomic E-state index is 0.127. The number of halogens is 1. The summed E-state index contributed by atoms with van der Waals surface area (Å²) in [7, 11) is 0. The number of carbonyl (C=O) groups is 1. The first-order valence-electron chi connectivity index (χ1n) is 6.83. The largest absolute Gasteiger partial charge is 0.460 e. The molecule has 0 aromatic heterocycles. The zero-order valence-corrected chi connectivity index (χ0v) is 12.8. The van der Waals surface area contributed by atoms with E-state index in [1.807, 2.05) is 24.3 Å². The molecule has 1 aromatic rings. The van der Waals surface area contributed by atoms with Gasteiger partial charge in [-0.05, 0) is 43.0 Å². The number of ether oxygens (including phenoxy) is 1. The van der Waals surface area contributed by atoms with Crippen LogP contribution in [0.3, 0.4) is 0 Å². The molecule has 1 N–H and O–H groups in total. The van der Waals surface area contributed by atoms with Gasteiger partial charge >= 0.3 is 5.97 Å². The summed E-state index contributed by atoms with van der Waals surface area (Å²) < 4.78 is 6.40. The molecule has 0 saturated carbocycles. The van der Waals surface area contributed by atoms with Crippen LogP contribution >= 0.6 is 15.9 Å². The van der Waals surface area contributed by atoms with Crippen molar-refractivity contribution in [3.63, 3.8) is 0 Å². The van der Waals surface area contributed by atoms with Crippen molar-refractivity contribution in [1.82, 2.24) is 5.32 Å². The van der Waals surface area contributed by atoms with E-state index < -0.39 is 0 Å². The number of esters is 1. The Morgan fingerprint density at radius 1 is 1.53 bits per heavy atom. The fourth-order valence-electron chi connectivity index (χ4n) is 2.43. The second-order valence-corrected chi connectivity index (χ2v) is 5.96. The van der Waals surface area contributed by atoms with E-state index in [-0.39, 0.29) is 12.0 Å². The maximum absolute atomic E-state index is 12.0. The molecule has 2 atom stereocenters. The predicted octanol–water partition coefficient (Wildman–Crippen LogP) is 3.27. The fourth-order valence-corrected chi connectivity index (χ4v) is 2.88. The number of rotatable bonds is 4. The van der Waals surface area contributed by atoms with Crippen molar-refractivity contribution >= 4 is 21.9 Å². The van der Waals surface area contributed by atoms with Gasteiger partial charge in [-0.3, -0.25) is 4.79 Å². The molecule has 1 heterocycles. The van der Waals surface area contributed by atoms with Crippen LogP contribution in [0.1, 0.15) is 31.7 Å². The molecule has 2 unspecified atom stereocenters. The average molecular weight is 326 g/mol. The maximum Gasteiger partial charge on any atom is 0.323 e. The van der Waals surface area contributed by atoms with Gasteiger partial charge in [0, 0.05) is 4.47 Å². The summed E-state index contributed by atoms with van der Waals surface area (Å²) in [6.45, 7) is 3.43. The molecule has 4 heteroatoms. The molecule has 0 radical (unpaired) electrons. The molecule has 2 rings (SSSR count). The molecule has 0 aliphatic carbocycles. The van der Waals surface area contributed by atoms with Gasteiger partial charge in [0.15, 0.2) is 0 Å². The summed E-state index contributed by atoms with van der Waals surface area (Å²) in [5.74, 6) is 0.516. The monoisotopic (exact) mass is 325 g/mol. The molecule has 1 aromatic carbocycles. The molecule has 0 amide bonds. The molecule has 19 heavy (non-hydrogen) atoms. The highest BCUT2D eigenvalue weighted by Gasteiger charge is 2.26. The Hall–Kier alpha value is -0.870. The maximum atomic E-state index is 12.0. The van der Waals surface area contributed by atoms with Crippen molar-refractivity contribution in [3.8, 4) is 0 Å². The Morgan fingerprint density at radius 3 is 3.11 bits per heavy atom. The van der Waals surface area contributed by atoms with Crippen LogP contribution < -0.4 is 5.32 Å². The first-order chi connectivity index (χ1) is 9.19. The van der Waals surface area contributed by atoms with Crippen LogP contribution in [-0.4, -0.2) is 18.6 Å². The van der Waals surface area contributed by atoms with E-state index in [0.29, 0.717) is 12.5 Å². The van der Waals surface area contributed by atoms with E-state index in [0.717, 1.165) is 35.8 Å². The molecule has 1 fully saturated rings. The minimum Gasteiger partial charge on any atom is -0.460 e. The molecular weight excluding hydrogens is 306 g/mol. The van der Waals surface area contributed by atoms with Crippen molar-refractivity contribution in [2.75, 3.05) is 6.54 Å². The third kappa shape index (κ3) is 4.32. The number of piperidine rings is 1. The van der Waals surface area contributed by atoms with Crippen molar-refractivity contribution in [2.45, 2.75) is 38.8 Å². The van der Waals surface area contributed by atoms with E-state index in [2.05, 4.69) is 28.2 Å². The summed E-state index contributed by atoms with van der Waals surface area (Å²) in [5, 5.41) is 3.25. The molecule has 1 saturated heterocycles. The molecule has 1 aliphatic heterocycles. The second kappa shape index (κ2) is 7.06. The summed E-state index contributed by atoms with van der Waals surface area (Å²) in [6, 6.07) is 7.70. The van der Waals surface area contributed by atoms with Gasteiger partial charge < -0.3 is 10.1 Å². The van der Waals surface area contributed by atoms with Gasteiger partial charge in [0.05, 0.1) is 0 Å². The van der Waals surface area contributed by atoms with E-state index in [4.69, 9.17) is 4.74 Å². The van der Waals surface area contributed by atoms with Crippen molar-refractivity contribution < 1.29 is 9.53 Å². The number of carbonyl (C=O) groups excluding carboxylic acids is 1. The quantitative estimate of drug-likeness (QED) is 0.863.